The smallest absolute Gasteiger partial charge is 0.245 e. The van der Waals surface area contributed by atoms with Crippen LogP contribution in [0.2, 0.25) is 0 Å². The molecule has 2 amide bonds. The van der Waals surface area contributed by atoms with Crippen LogP contribution in [-0.4, -0.2) is 47.1 Å². The van der Waals surface area contributed by atoms with Crippen molar-refractivity contribution in [1.82, 2.24) is 10.2 Å². The number of hydrogen-bond acceptors (Lipinski definition) is 3. The molecule has 5 nitrogen and oxygen atoms in total. The molecular formula is C20H28N2O3. The molecule has 1 heterocycles. The molecule has 1 aromatic rings. The topological polar surface area (TPSA) is 69.6 Å². The van der Waals surface area contributed by atoms with Gasteiger partial charge < -0.3 is 15.3 Å². The van der Waals surface area contributed by atoms with E-state index in [0.29, 0.717) is 38.8 Å². The fourth-order valence-corrected chi connectivity index (χ4v) is 3.44. The minimum Gasteiger partial charge on any atom is -0.394 e. The van der Waals surface area contributed by atoms with Gasteiger partial charge in [0.2, 0.25) is 11.8 Å². The number of aliphatic hydroxyl groups excluding tert-OH is 1. The zero-order valence-electron chi connectivity index (χ0n) is 15.2. The zero-order valence-corrected chi connectivity index (χ0v) is 15.2. The minimum absolute atomic E-state index is 0.0586. The second kappa shape index (κ2) is 8.30. The molecule has 2 rings (SSSR count). The number of likely N-dealkylation sites (tertiary alicyclic amines) is 1. The highest BCUT2D eigenvalue weighted by Gasteiger charge is 2.36. The van der Waals surface area contributed by atoms with E-state index < -0.39 is 5.54 Å². The Morgan fingerprint density at radius 1 is 1.24 bits per heavy atom. The van der Waals surface area contributed by atoms with Gasteiger partial charge >= 0.3 is 0 Å². The van der Waals surface area contributed by atoms with Crippen molar-refractivity contribution in [2.24, 2.45) is 0 Å². The highest BCUT2D eigenvalue weighted by Crippen LogP contribution is 2.22. The van der Waals surface area contributed by atoms with Gasteiger partial charge in [-0.3, -0.25) is 9.59 Å². The summed E-state index contributed by atoms with van der Waals surface area (Å²) in [6.45, 7) is 8.52. The van der Waals surface area contributed by atoms with E-state index >= 15 is 0 Å². The maximum absolute atomic E-state index is 12.4. The number of aryl methyl sites for hydroxylation is 3. The number of hydrogen-bond donors (Lipinski definition) is 2. The number of nitrogens with zero attached hydrogens (tertiary/aromatic N) is 1. The van der Waals surface area contributed by atoms with Crippen LogP contribution in [0.15, 0.2) is 30.9 Å². The van der Waals surface area contributed by atoms with E-state index in [9.17, 15) is 14.7 Å². The lowest BCUT2D eigenvalue weighted by atomic mass is 9.87. The first kappa shape index (κ1) is 19.2. The van der Waals surface area contributed by atoms with Gasteiger partial charge in [-0.1, -0.05) is 35.9 Å². The van der Waals surface area contributed by atoms with E-state index in [2.05, 4.69) is 43.9 Å². The molecule has 0 aromatic heterocycles. The minimum atomic E-state index is -0.627. The summed E-state index contributed by atoms with van der Waals surface area (Å²) in [6.07, 6.45) is 3.47. The number of carbonyl (C=O) groups excluding carboxylic acids is 2. The Balaban J connectivity index is 1.89. The fourth-order valence-electron chi connectivity index (χ4n) is 3.44. The normalized spacial score (nSPS) is 16.4. The first-order valence-corrected chi connectivity index (χ1v) is 8.78. The molecule has 136 valence electrons. The molecule has 1 aliphatic heterocycles. The quantitative estimate of drug-likeness (QED) is 0.774. The van der Waals surface area contributed by atoms with Gasteiger partial charge in [-0.05, 0) is 44.7 Å². The van der Waals surface area contributed by atoms with Gasteiger partial charge in [0.15, 0.2) is 0 Å². The predicted octanol–water partition coefficient (Wildman–Crippen LogP) is 1.89. The SMILES string of the molecule is C=CC(=O)N1CCC(CO)(NC(=O)CCc2cc(C)cc(C)c2)CC1. The van der Waals surface area contributed by atoms with E-state index in [0.717, 1.165) is 5.56 Å². The molecule has 0 saturated carbocycles. The Morgan fingerprint density at radius 3 is 2.36 bits per heavy atom. The third-order valence-electron chi connectivity index (χ3n) is 4.84. The van der Waals surface area contributed by atoms with Crippen molar-refractivity contribution in [2.45, 2.75) is 45.1 Å². The van der Waals surface area contributed by atoms with Gasteiger partial charge in [-0.2, -0.15) is 0 Å². The molecule has 1 saturated heterocycles. The highest BCUT2D eigenvalue weighted by atomic mass is 16.3. The Bertz CT molecular complexity index is 626. The van der Waals surface area contributed by atoms with Crippen LogP contribution in [0.1, 0.15) is 36.0 Å². The lowest BCUT2D eigenvalue weighted by molar-refractivity contribution is -0.129. The lowest BCUT2D eigenvalue weighted by Crippen LogP contribution is -2.58. The summed E-state index contributed by atoms with van der Waals surface area (Å²) in [5.41, 5.74) is 2.91. The molecule has 1 aliphatic rings. The first-order valence-electron chi connectivity index (χ1n) is 8.78. The summed E-state index contributed by atoms with van der Waals surface area (Å²) in [5, 5.41) is 12.8. The van der Waals surface area contributed by atoms with E-state index in [1.165, 1.54) is 17.2 Å². The largest absolute Gasteiger partial charge is 0.394 e. The fraction of sp³-hybridized carbons (Fsp3) is 0.500. The highest BCUT2D eigenvalue weighted by molar-refractivity contribution is 5.87. The number of amides is 2. The van der Waals surface area contributed by atoms with Gasteiger partial charge in [0.05, 0.1) is 12.1 Å². The van der Waals surface area contributed by atoms with Gasteiger partial charge in [-0.25, -0.2) is 0 Å². The van der Waals surface area contributed by atoms with Crippen LogP contribution in [0.4, 0.5) is 0 Å². The maximum atomic E-state index is 12.4. The van der Waals surface area contributed by atoms with Gasteiger partial charge in [0.1, 0.15) is 0 Å². The Kier molecular flexibility index (Phi) is 6.37. The molecule has 0 spiro atoms. The third-order valence-corrected chi connectivity index (χ3v) is 4.84. The van der Waals surface area contributed by atoms with Crippen molar-refractivity contribution < 1.29 is 14.7 Å². The summed E-state index contributed by atoms with van der Waals surface area (Å²) < 4.78 is 0. The molecule has 2 N–H and O–H groups in total. The van der Waals surface area contributed by atoms with Crippen molar-refractivity contribution in [3.8, 4) is 0 Å². The molecule has 0 aliphatic carbocycles. The van der Waals surface area contributed by atoms with E-state index in [1.54, 1.807) is 4.90 Å². The molecule has 0 unspecified atom stereocenters. The van der Waals surface area contributed by atoms with Crippen LogP contribution < -0.4 is 5.32 Å². The molecular weight excluding hydrogens is 316 g/mol. The summed E-state index contributed by atoms with van der Waals surface area (Å²) in [5.74, 6) is -0.163. The standard InChI is InChI=1S/C20H28N2O3/c1-4-19(25)22-9-7-20(14-23,8-10-22)21-18(24)6-5-17-12-15(2)11-16(3)13-17/h4,11-13,23H,1,5-10,14H2,2-3H3,(H,21,24). The summed E-state index contributed by atoms with van der Waals surface area (Å²) in [6, 6.07) is 6.31. The molecule has 5 heteroatoms. The van der Waals surface area contributed by atoms with Crippen LogP contribution in [0.5, 0.6) is 0 Å². The first-order chi connectivity index (χ1) is 11.9. The van der Waals surface area contributed by atoms with Crippen molar-refractivity contribution in [2.75, 3.05) is 19.7 Å². The Labute approximate surface area is 149 Å². The van der Waals surface area contributed by atoms with Gasteiger partial charge in [0, 0.05) is 19.5 Å². The van der Waals surface area contributed by atoms with Crippen molar-refractivity contribution >= 4 is 11.8 Å². The maximum Gasteiger partial charge on any atom is 0.245 e. The number of rotatable bonds is 6. The van der Waals surface area contributed by atoms with Gasteiger partial charge in [-0.15, -0.1) is 0 Å². The molecule has 1 aromatic carbocycles. The number of piperidine rings is 1. The lowest BCUT2D eigenvalue weighted by Gasteiger charge is -2.41. The van der Waals surface area contributed by atoms with Gasteiger partial charge in [0.25, 0.3) is 0 Å². The number of aliphatic hydroxyl groups is 1. The monoisotopic (exact) mass is 344 g/mol. The van der Waals surface area contributed by atoms with Crippen LogP contribution in [-0.2, 0) is 16.0 Å². The third kappa shape index (κ3) is 5.16. The number of carbonyl (C=O) groups is 2. The predicted molar refractivity (Wildman–Crippen MR) is 98.2 cm³/mol. The average Bonchev–Trinajstić information content (AvgIpc) is 2.59. The van der Waals surface area contributed by atoms with Crippen molar-refractivity contribution in [3.05, 3.63) is 47.5 Å². The van der Waals surface area contributed by atoms with E-state index in [-0.39, 0.29) is 18.4 Å². The molecule has 1 fully saturated rings. The van der Waals surface area contributed by atoms with E-state index in [1.807, 2.05) is 0 Å². The van der Waals surface area contributed by atoms with Crippen LogP contribution in [0.25, 0.3) is 0 Å². The summed E-state index contributed by atoms with van der Waals surface area (Å²) in [7, 11) is 0. The van der Waals surface area contributed by atoms with Crippen molar-refractivity contribution in [3.63, 3.8) is 0 Å². The van der Waals surface area contributed by atoms with Crippen LogP contribution >= 0.6 is 0 Å². The molecule has 25 heavy (non-hydrogen) atoms. The van der Waals surface area contributed by atoms with E-state index in [4.69, 9.17) is 0 Å². The number of nitrogens with one attached hydrogen (secondary N) is 1. The second-order valence-electron chi connectivity index (χ2n) is 7.01. The Morgan fingerprint density at radius 2 is 1.84 bits per heavy atom. The van der Waals surface area contributed by atoms with Crippen LogP contribution in [0.3, 0.4) is 0 Å². The molecule has 0 bridgehead atoms. The average molecular weight is 344 g/mol. The Hall–Kier alpha value is -2.14. The summed E-state index contributed by atoms with van der Waals surface area (Å²) >= 11 is 0. The zero-order chi connectivity index (χ0) is 18.4. The molecule has 0 radical (unpaired) electrons. The van der Waals surface area contributed by atoms with Crippen LogP contribution in [0, 0.1) is 13.8 Å². The second-order valence-corrected chi connectivity index (χ2v) is 7.01. The molecule has 0 atom stereocenters. The van der Waals surface area contributed by atoms with Crippen molar-refractivity contribution in [1.29, 1.82) is 0 Å². The summed E-state index contributed by atoms with van der Waals surface area (Å²) in [4.78, 5) is 25.7. The number of benzene rings is 1.